The largest absolute Gasteiger partial charge is 0.455 e. The third-order valence-corrected chi connectivity index (χ3v) is 7.96. The summed E-state index contributed by atoms with van der Waals surface area (Å²) in [4.78, 5) is 8.07. The van der Waals surface area contributed by atoms with Gasteiger partial charge in [-0.2, -0.15) is 18.3 Å². The zero-order valence-electron chi connectivity index (χ0n) is 20.2. The number of nitrogens with one attached hydrogen (secondary N) is 1. The van der Waals surface area contributed by atoms with E-state index in [4.69, 9.17) is 16.3 Å². The lowest BCUT2D eigenvalue weighted by Gasteiger charge is -2.23. The number of rotatable bonds is 6. The molecule has 1 atom stereocenters. The minimum absolute atomic E-state index is 0.0879. The Balaban J connectivity index is 1.65. The van der Waals surface area contributed by atoms with E-state index in [1.54, 1.807) is 36.4 Å². The molecule has 0 amide bonds. The van der Waals surface area contributed by atoms with Gasteiger partial charge in [-0.15, -0.1) is 0 Å². The smallest absolute Gasteiger partial charge is 0.431 e. The van der Waals surface area contributed by atoms with Crippen LogP contribution in [0.2, 0.25) is 5.15 Å². The second-order valence-corrected chi connectivity index (χ2v) is 10.5. The Kier molecular flexibility index (Phi) is 6.22. The SMILES string of the molecule is Cc1nn(C)c(Cl)c1S(=O)(=O)Nc1nc2ccccc2nc1OC(c1cc2ccccc2n1C)C(F)(F)F. The number of hydrogen-bond donors (Lipinski definition) is 1. The Morgan fingerprint density at radius 3 is 2.26 bits per heavy atom. The maximum atomic E-state index is 14.4. The molecule has 14 heteroatoms. The van der Waals surface area contributed by atoms with E-state index in [0.29, 0.717) is 10.9 Å². The van der Waals surface area contributed by atoms with Crippen LogP contribution in [0, 0.1) is 6.92 Å². The van der Waals surface area contributed by atoms with Crippen LogP contribution in [0.25, 0.3) is 21.9 Å². The Hall–Kier alpha value is -3.84. The third-order valence-electron chi connectivity index (χ3n) is 5.92. The van der Waals surface area contributed by atoms with Crippen LogP contribution in [0.5, 0.6) is 5.88 Å². The Morgan fingerprint density at radius 2 is 1.66 bits per heavy atom. The van der Waals surface area contributed by atoms with Crippen molar-refractivity contribution in [2.24, 2.45) is 14.1 Å². The number of aromatic nitrogens is 5. The lowest BCUT2D eigenvalue weighted by atomic mass is 10.2. The normalized spacial score (nSPS) is 13.2. The van der Waals surface area contributed by atoms with E-state index in [0.717, 1.165) is 4.68 Å². The number of sulfonamides is 1. The van der Waals surface area contributed by atoms with Crippen LogP contribution in [0.1, 0.15) is 17.5 Å². The number of halogens is 4. The van der Waals surface area contributed by atoms with E-state index in [1.165, 1.54) is 43.8 Å². The quantitative estimate of drug-likeness (QED) is 0.300. The van der Waals surface area contributed by atoms with Gasteiger partial charge in [0, 0.05) is 19.6 Å². The highest BCUT2D eigenvalue weighted by Crippen LogP contribution is 2.40. The summed E-state index contributed by atoms with van der Waals surface area (Å²) < 4.78 is 79.9. The van der Waals surface area contributed by atoms with Gasteiger partial charge in [0.1, 0.15) is 10.0 Å². The fourth-order valence-electron chi connectivity index (χ4n) is 4.20. The van der Waals surface area contributed by atoms with Crippen molar-refractivity contribution in [3.05, 3.63) is 71.1 Å². The summed E-state index contributed by atoms with van der Waals surface area (Å²) in [5.74, 6) is -1.19. The maximum Gasteiger partial charge on any atom is 0.431 e. The molecule has 3 heterocycles. The summed E-state index contributed by atoms with van der Waals surface area (Å²) in [5, 5.41) is 4.38. The van der Waals surface area contributed by atoms with Gasteiger partial charge in [-0.05, 0) is 36.6 Å². The van der Waals surface area contributed by atoms with Gasteiger partial charge in [0.2, 0.25) is 11.9 Å². The Bertz CT molecular complexity index is 1800. The Labute approximate surface area is 219 Å². The van der Waals surface area contributed by atoms with E-state index in [1.807, 2.05) is 0 Å². The number of benzene rings is 2. The molecule has 0 spiro atoms. The van der Waals surface area contributed by atoms with E-state index >= 15 is 0 Å². The van der Waals surface area contributed by atoms with Crippen molar-refractivity contribution in [3.8, 4) is 5.88 Å². The average molecular weight is 565 g/mol. The number of para-hydroxylation sites is 3. The van der Waals surface area contributed by atoms with Gasteiger partial charge in [-0.3, -0.25) is 9.40 Å². The lowest BCUT2D eigenvalue weighted by molar-refractivity contribution is -0.200. The average Bonchev–Trinajstić information content (AvgIpc) is 3.31. The second kappa shape index (κ2) is 9.17. The van der Waals surface area contributed by atoms with Gasteiger partial charge in [-0.25, -0.2) is 18.4 Å². The zero-order chi connectivity index (χ0) is 27.4. The monoisotopic (exact) mass is 564 g/mol. The highest BCUT2D eigenvalue weighted by Gasteiger charge is 2.46. The molecule has 2 aromatic carbocycles. The van der Waals surface area contributed by atoms with E-state index in [-0.39, 0.29) is 32.5 Å². The summed E-state index contributed by atoms with van der Waals surface area (Å²) in [5.41, 5.74) is 0.893. The molecule has 0 saturated heterocycles. The van der Waals surface area contributed by atoms with Crippen molar-refractivity contribution in [1.82, 2.24) is 24.3 Å². The first-order valence-electron chi connectivity index (χ1n) is 11.1. The summed E-state index contributed by atoms with van der Waals surface area (Å²) in [6, 6.07) is 14.5. The van der Waals surface area contributed by atoms with Gasteiger partial charge >= 0.3 is 6.18 Å². The number of ether oxygens (including phenoxy) is 1. The molecule has 38 heavy (non-hydrogen) atoms. The van der Waals surface area contributed by atoms with Crippen LogP contribution in [0.4, 0.5) is 19.0 Å². The summed E-state index contributed by atoms with van der Waals surface area (Å²) in [6.45, 7) is 1.43. The first-order chi connectivity index (χ1) is 17.9. The molecule has 0 bridgehead atoms. The maximum absolute atomic E-state index is 14.4. The van der Waals surface area contributed by atoms with Crippen LogP contribution in [0.3, 0.4) is 0 Å². The molecule has 0 aliphatic heterocycles. The van der Waals surface area contributed by atoms with Gasteiger partial charge in [-0.1, -0.05) is 41.9 Å². The molecule has 0 aliphatic rings. The third kappa shape index (κ3) is 4.52. The van der Waals surface area contributed by atoms with E-state index in [2.05, 4.69) is 19.8 Å². The molecular weight excluding hydrogens is 545 g/mol. The fraction of sp³-hybridized carbons (Fsp3) is 0.208. The molecule has 5 rings (SSSR count). The van der Waals surface area contributed by atoms with Gasteiger partial charge in [0.15, 0.2) is 0 Å². The van der Waals surface area contributed by atoms with E-state index in [9.17, 15) is 21.6 Å². The van der Waals surface area contributed by atoms with Crippen molar-refractivity contribution >= 4 is 49.4 Å². The fourth-order valence-corrected chi connectivity index (χ4v) is 5.95. The lowest BCUT2D eigenvalue weighted by Crippen LogP contribution is -2.29. The molecule has 198 valence electrons. The molecule has 1 N–H and O–H groups in total. The van der Waals surface area contributed by atoms with Crippen LogP contribution in [0.15, 0.2) is 59.5 Å². The molecule has 0 fully saturated rings. The second-order valence-electron chi connectivity index (χ2n) is 8.53. The summed E-state index contributed by atoms with van der Waals surface area (Å²) in [7, 11) is -1.50. The molecule has 1 unspecified atom stereocenters. The first kappa shape index (κ1) is 25.8. The van der Waals surface area contributed by atoms with Crippen molar-refractivity contribution in [2.45, 2.75) is 24.1 Å². The van der Waals surface area contributed by atoms with Crippen LogP contribution >= 0.6 is 11.6 Å². The van der Waals surface area contributed by atoms with Crippen LogP contribution < -0.4 is 9.46 Å². The van der Waals surface area contributed by atoms with Crippen molar-refractivity contribution in [3.63, 3.8) is 0 Å². The molecule has 0 aliphatic carbocycles. The molecule has 0 saturated carbocycles. The van der Waals surface area contributed by atoms with E-state index < -0.39 is 34.0 Å². The Morgan fingerprint density at radius 1 is 1.03 bits per heavy atom. The standard InChI is InChI=1S/C24H20ClF3N6O3S/c1-13-19(21(25)34(3)31-13)38(35,36)32-22-23(30-16-10-6-5-9-15(16)29-22)37-20(24(26,27)28)18-12-14-8-4-7-11-17(14)33(18)2/h4-12,20H,1-3H3,(H,29,32). The van der Waals surface area contributed by atoms with Crippen LogP contribution in [-0.2, 0) is 24.1 Å². The highest BCUT2D eigenvalue weighted by molar-refractivity contribution is 7.92. The summed E-state index contributed by atoms with van der Waals surface area (Å²) in [6.07, 6.45) is -7.36. The predicted molar refractivity (Wildman–Crippen MR) is 136 cm³/mol. The molecular formula is C24H20ClF3N6O3S. The minimum Gasteiger partial charge on any atom is -0.455 e. The van der Waals surface area contributed by atoms with Gasteiger partial charge < -0.3 is 9.30 Å². The minimum atomic E-state index is -4.88. The highest BCUT2D eigenvalue weighted by atomic mass is 35.5. The zero-order valence-corrected chi connectivity index (χ0v) is 21.7. The number of nitrogens with zero attached hydrogens (tertiary/aromatic N) is 5. The molecule has 9 nitrogen and oxygen atoms in total. The van der Waals surface area contributed by atoms with Crippen molar-refractivity contribution in [1.29, 1.82) is 0 Å². The van der Waals surface area contributed by atoms with Crippen molar-refractivity contribution < 1.29 is 26.3 Å². The summed E-state index contributed by atoms with van der Waals surface area (Å²) >= 11 is 6.14. The number of anilines is 1. The molecule has 5 aromatic rings. The van der Waals surface area contributed by atoms with Crippen LogP contribution in [-0.4, -0.2) is 38.9 Å². The molecule has 3 aromatic heterocycles. The molecule has 0 radical (unpaired) electrons. The number of hydrogen-bond acceptors (Lipinski definition) is 6. The van der Waals surface area contributed by atoms with Gasteiger partial charge in [0.25, 0.3) is 15.9 Å². The topological polar surface area (TPSA) is 104 Å². The predicted octanol–water partition coefficient (Wildman–Crippen LogP) is 5.30. The number of fused-ring (bicyclic) bond motifs is 2. The first-order valence-corrected chi connectivity index (χ1v) is 13.0. The van der Waals surface area contributed by atoms with Crippen molar-refractivity contribution in [2.75, 3.05) is 4.72 Å². The number of alkyl halides is 3. The number of aryl methyl sites for hydroxylation is 3. The van der Waals surface area contributed by atoms with Gasteiger partial charge in [0.05, 0.1) is 22.4 Å².